The Balaban J connectivity index is 3.65. The average Bonchev–Trinajstić information content (AvgIpc) is 3.04. The van der Waals surface area contributed by atoms with Crippen molar-refractivity contribution in [2.75, 3.05) is 27.3 Å². The molecule has 0 bridgehead atoms. The number of aliphatic hydroxyl groups excluding tert-OH is 1. The Hall–Kier alpha value is -3.26. The molecule has 0 spiro atoms. The van der Waals surface area contributed by atoms with Gasteiger partial charge in [-0.05, 0) is 38.0 Å². The number of hydrogen-bond acceptors (Lipinski definition) is 9. The number of cyclic esters (lactones) is 1. The Morgan fingerprint density at radius 3 is 2.09 bits per heavy atom. The molecule has 0 aromatic carbocycles. The quantitative estimate of drug-likeness (QED) is 0.149. The van der Waals surface area contributed by atoms with Gasteiger partial charge in [-0.2, -0.15) is 0 Å². The minimum atomic E-state index is -1.47. The number of hydrogen-bond donors (Lipinski definition) is 5. The van der Waals surface area contributed by atoms with E-state index in [0.29, 0.717) is 25.7 Å². The van der Waals surface area contributed by atoms with Gasteiger partial charge in [0.15, 0.2) is 0 Å². The highest BCUT2D eigenvalue weighted by atomic mass is 16.5. The smallest absolute Gasteiger partial charge is 0.325 e. The number of likely N-dealkylation sites (N-methyl/N-ethyl adjacent to an activating group) is 1. The van der Waals surface area contributed by atoms with E-state index in [1.165, 1.54) is 26.0 Å². The number of carbonyl (C=O) groups excluding carboxylic acids is 6. The van der Waals surface area contributed by atoms with Crippen LogP contribution in [0.1, 0.15) is 93.4 Å². The number of ether oxygens (including phenoxy) is 2. The summed E-state index contributed by atoms with van der Waals surface area (Å²) in [5.74, 6) is -5.26. The zero-order valence-electron chi connectivity index (χ0n) is 29.7. The van der Waals surface area contributed by atoms with Crippen LogP contribution in [0.25, 0.3) is 0 Å². The molecule has 8 atom stereocenters. The predicted octanol–water partition coefficient (Wildman–Crippen LogP) is 1.04. The average molecular weight is 670 g/mol. The molecule has 47 heavy (non-hydrogen) atoms. The van der Waals surface area contributed by atoms with Crippen molar-refractivity contribution in [3.05, 3.63) is 0 Å². The van der Waals surface area contributed by atoms with Gasteiger partial charge in [-0.1, -0.05) is 67.2 Å². The maximum atomic E-state index is 13.9. The summed E-state index contributed by atoms with van der Waals surface area (Å²) in [5.41, 5.74) is 0. The number of nitrogens with one attached hydrogen (secondary N) is 4. The van der Waals surface area contributed by atoms with Gasteiger partial charge in [0, 0.05) is 14.2 Å². The van der Waals surface area contributed by atoms with Crippen LogP contribution in [0.2, 0.25) is 0 Å². The number of aliphatic hydroxyl groups is 1. The Labute approximate surface area is 279 Å². The normalized spacial score (nSPS) is 27.4. The number of methoxy groups -OCH3 is 1. The zero-order chi connectivity index (χ0) is 35.8. The zero-order valence-corrected chi connectivity index (χ0v) is 29.7. The van der Waals surface area contributed by atoms with E-state index < -0.39 is 91.0 Å². The molecule has 1 aliphatic heterocycles. The van der Waals surface area contributed by atoms with E-state index in [0.717, 1.165) is 19.3 Å². The van der Waals surface area contributed by atoms with Crippen LogP contribution in [0.3, 0.4) is 0 Å². The Morgan fingerprint density at radius 1 is 0.894 bits per heavy atom. The largest absolute Gasteiger partial charge is 0.460 e. The van der Waals surface area contributed by atoms with Crippen molar-refractivity contribution in [2.24, 2.45) is 17.8 Å². The molecule has 1 aliphatic rings. The Morgan fingerprint density at radius 2 is 1.53 bits per heavy atom. The molecule has 1 saturated heterocycles. The molecular weight excluding hydrogens is 610 g/mol. The summed E-state index contributed by atoms with van der Waals surface area (Å²) in [6.07, 6.45) is 3.05. The molecule has 14 heteroatoms. The van der Waals surface area contributed by atoms with Crippen molar-refractivity contribution in [3.8, 4) is 0 Å². The minimum Gasteiger partial charge on any atom is -0.460 e. The molecule has 0 aliphatic carbocycles. The van der Waals surface area contributed by atoms with Gasteiger partial charge >= 0.3 is 5.97 Å². The minimum absolute atomic E-state index is 0.00460. The molecule has 0 saturated carbocycles. The predicted molar refractivity (Wildman–Crippen MR) is 176 cm³/mol. The lowest BCUT2D eigenvalue weighted by molar-refractivity contribution is -0.157. The standard InChI is InChI=1S/C33H59N5O9/c1-10-12-13-14-15-25-21(6)33(45)38(8)24(16-19(3)4)30(42)36-27(20(5)11-2)32(44)35-23(18-39)29(41)37-28(22(7)46-9)31(43)34-17-26(40)47-25/h19-25,27-28,39H,10-18H2,1-9H3,(H,34,43)(H,35,44)(H,36,42)(H,37,41)/t20-,21-,22+,23+,24+,25?,27+,28+/m1/s1. The van der Waals surface area contributed by atoms with E-state index in [9.17, 15) is 33.9 Å². The van der Waals surface area contributed by atoms with Gasteiger partial charge in [0.1, 0.15) is 36.8 Å². The summed E-state index contributed by atoms with van der Waals surface area (Å²) in [4.78, 5) is 82.0. The molecule has 1 rings (SSSR count). The second-order valence-electron chi connectivity index (χ2n) is 13.0. The van der Waals surface area contributed by atoms with E-state index in [-0.39, 0.29) is 11.8 Å². The van der Waals surface area contributed by atoms with Crippen molar-refractivity contribution in [2.45, 2.75) is 130 Å². The van der Waals surface area contributed by atoms with Crippen molar-refractivity contribution < 1.29 is 43.3 Å². The molecule has 1 fully saturated rings. The third-order valence-corrected chi connectivity index (χ3v) is 8.82. The maximum Gasteiger partial charge on any atom is 0.325 e. The number of carbonyl (C=O) groups is 6. The molecule has 0 aromatic heterocycles. The highest BCUT2D eigenvalue weighted by Crippen LogP contribution is 2.22. The maximum absolute atomic E-state index is 13.9. The molecule has 5 N–H and O–H groups in total. The van der Waals surface area contributed by atoms with Crippen LogP contribution >= 0.6 is 0 Å². The summed E-state index contributed by atoms with van der Waals surface area (Å²) >= 11 is 0. The van der Waals surface area contributed by atoms with Crippen LogP contribution in [0.5, 0.6) is 0 Å². The van der Waals surface area contributed by atoms with Crippen LogP contribution in [-0.4, -0.2) is 109 Å². The van der Waals surface area contributed by atoms with Crippen molar-refractivity contribution in [1.29, 1.82) is 0 Å². The highest BCUT2D eigenvalue weighted by molar-refractivity contribution is 5.96. The first-order valence-electron chi connectivity index (χ1n) is 16.9. The van der Waals surface area contributed by atoms with Crippen LogP contribution in [-0.2, 0) is 38.2 Å². The fourth-order valence-electron chi connectivity index (χ4n) is 5.38. The first kappa shape index (κ1) is 41.8. The Kier molecular flexibility index (Phi) is 18.5. The molecule has 1 heterocycles. The van der Waals surface area contributed by atoms with E-state index >= 15 is 0 Å². The number of rotatable bonds is 12. The van der Waals surface area contributed by atoms with Gasteiger partial charge < -0.3 is 40.7 Å². The topological polar surface area (TPSA) is 192 Å². The summed E-state index contributed by atoms with van der Waals surface area (Å²) in [5, 5.41) is 20.3. The third-order valence-electron chi connectivity index (χ3n) is 8.82. The van der Waals surface area contributed by atoms with Crippen LogP contribution in [0, 0.1) is 17.8 Å². The highest BCUT2D eigenvalue weighted by Gasteiger charge is 2.38. The first-order chi connectivity index (χ1) is 22.1. The van der Waals surface area contributed by atoms with Gasteiger partial charge in [0.05, 0.1) is 18.6 Å². The SMILES string of the molecule is CCCCCCC1OC(=O)CNC(=O)[C@H]([C@H](C)OC)NC(=O)[C@H](CO)NC(=O)[C@H]([C@H](C)CC)NC(=O)[C@H](CC(C)C)N(C)C(=O)[C@@H]1C. The summed E-state index contributed by atoms with van der Waals surface area (Å²) < 4.78 is 11.0. The van der Waals surface area contributed by atoms with Crippen LogP contribution in [0.15, 0.2) is 0 Å². The molecule has 0 aromatic rings. The number of unbranched alkanes of at least 4 members (excludes halogenated alkanes) is 3. The number of esters is 1. The van der Waals surface area contributed by atoms with Gasteiger partial charge in [-0.25, -0.2) is 0 Å². The van der Waals surface area contributed by atoms with Crippen molar-refractivity contribution in [3.63, 3.8) is 0 Å². The van der Waals surface area contributed by atoms with E-state index in [1.807, 2.05) is 20.8 Å². The molecule has 5 amide bonds. The molecule has 14 nitrogen and oxygen atoms in total. The monoisotopic (exact) mass is 669 g/mol. The molecule has 0 radical (unpaired) electrons. The number of nitrogens with zero attached hydrogens (tertiary/aromatic N) is 1. The first-order valence-corrected chi connectivity index (χ1v) is 16.9. The van der Waals surface area contributed by atoms with Crippen molar-refractivity contribution in [1.82, 2.24) is 26.2 Å². The summed E-state index contributed by atoms with van der Waals surface area (Å²) in [6, 6.07) is -4.82. The van der Waals surface area contributed by atoms with E-state index in [4.69, 9.17) is 9.47 Å². The van der Waals surface area contributed by atoms with Gasteiger partial charge in [0.25, 0.3) is 0 Å². The Bertz CT molecular complexity index is 1060. The summed E-state index contributed by atoms with van der Waals surface area (Å²) in [6.45, 7) is 11.3. The van der Waals surface area contributed by atoms with Crippen LogP contribution < -0.4 is 21.3 Å². The lowest BCUT2D eigenvalue weighted by Gasteiger charge is -2.34. The second-order valence-corrected chi connectivity index (χ2v) is 13.0. The lowest BCUT2D eigenvalue weighted by atomic mass is 9.94. The molecule has 270 valence electrons. The lowest BCUT2D eigenvalue weighted by Crippen LogP contribution is -2.61. The fraction of sp³-hybridized carbons (Fsp3) is 0.818. The van der Waals surface area contributed by atoms with Gasteiger partial charge in [0.2, 0.25) is 29.5 Å². The van der Waals surface area contributed by atoms with Crippen molar-refractivity contribution >= 4 is 35.5 Å². The fourth-order valence-corrected chi connectivity index (χ4v) is 5.38. The van der Waals surface area contributed by atoms with E-state index in [1.54, 1.807) is 13.8 Å². The van der Waals surface area contributed by atoms with Gasteiger partial charge in [-0.15, -0.1) is 0 Å². The van der Waals surface area contributed by atoms with Crippen LogP contribution in [0.4, 0.5) is 0 Å². The third kappa shape index (κ3) is 13.0. The molecule has 1 unspecified atom stereocenters. The molecular formula is C33H59N5O9. The van der Waals surface area contributed by atoms with E-state index in [2.05, 4.69) is 28.2 Å². The summed E-state index contributed by atoms with van der Waals surface area (Å²) in [7, 11) is 2.86. The number of amides is 5. The van der Waals surface area contributed by atoms with Gasteiger partial charge in [-0.3, -0.25) is 28.8 Å². The second kappa shape index (κ2) is 20.9.